The van der Waals surface area contributed by atoms with Gasteiger partial charge in [0.05, 0.1) is 34.3 Å². The number of hydrogen-bond acceptors (Lipinski definition) is 6. The molecule has 0 saturated carbocycles. The van der Waals surface area contributed by atoms with Crippen molar-refractivity contribution < 1.29 is 26.7 Å². The number of fused-ring (bicyclic) bond motifs is 1. The number of aryl methyl sites for hydroxylation is 1. The van der Waals surface area contributed by atoms with Crippen molar-refractivity contribution in [2.45, 2.75) is 12.6 Å². The van der Waals surface area contributed by atoms with Crippen LogP contribution in [0.15, 0.2) is 39.4 Å². The summed E-state index contributed by atoms with van der Waals surface area (Å²) < 4.78 is 67.5. The van der Waals surface area contributed by atoms with E-state index >= 15 is 0 Å². The monoisotopic (exact) mass is 497 g/mol. The van der Waals surface area contributed by atoms with Crippen LogP contribution in [0.1, 0.15) is 11.3 Å². The second-order valence-corrected chi connectivity index (χ2v) is 7.88. The van der Waals surface area contributed by atoms with Crippen molar-refractivity contribution in [1.29, 1.82) is 0 Å². The van der Waals surface area contributed by atoms with Crippen molar-refractivity contribution in [3.8, 4) is 11.3 Å². The van der Waals surface area contributed by atoms with Gasteiger partial charge in [-0.25, -0.2) is 18.6 Å². The number of halogens is 5. The van der Waals surface area contributed by atoms with E-state index in [2.05, 4.69) is 20.3 Å². The summed E-state index contributed by atoms with van der Waals surface area (Å²) in [6.45, 7) is 0. The molecule has 1 aromatic carbocycles. The van der Waals surface area contributed by atoms with Gasteiger partial charge in [0.1, 0.15) is 0 Å². The van der Waals surface area contributed by atoms with Crippen molar-refractivity contribution in [3.05, 3.63) is 73.5 Å². The Morgan fingerprint density at radius 3 is 2.62 bits per heavy atom. The summed E-state index contributed by atoms with van der Waals surface area (Å²) in [7, 11) is 1.44. The van der Waals surface area contributed by atoms with Crippen LogP contribution >= 0.6 is 11.3 Å². The van der Waals surface area contributed by atoms with Gasteiger partial charge in [-0.15, -0.1) is 11.3 Å². The third-order valence-corrected chi connectivity index (χ3v) is 5.62. The van der Waals surface area contributed by atoms with Gasteiger partial charge in [0.2, 0.25) is 5.91 Å². The molecule has 0 aliphatic rings. The summed E-state index contributed by atoms with van der Waals surface area (Å²) in [6, 6.07) is 2.60. The van der Waals surface area contributed by atoms with E-state index in [4.69, 9.17) is 0 Å². The van der Waals surface area contributed by atoms with E-state index in [0.717, 1.165) is 17.4 Å². The lowest BCUT2D eigenvalue weighted by atomic mass is 10.1. The Hall–Kier alpha value is -3.94. The van der Waals surface area contributed by atoms with E-state index in [1.165, 1.54) is 29.3 Å². The van der Waals surface area contributed by atoms with E-state index in [1.807, 2.05) is 0 Å². The minimum atomic E-state index is -5.06. The number of nitrogens with zero attached hydrogens (tertiary/aromatic N) is 3. The van der Waals surface area contributed by atoms with E-state index in [9.17, 15) is 36.3 Å². The first-order valence-corrected chi connectivity index (χ1v) is 10.2. The predicted molar refractivity (Wildman–Crippen MR) is 112 cm³/mol. The molecule has 0 spiro atoms. The number of aromatic amines is 1. The topological polar surface area (TPSA) is 110 Å². The number of carbonyl (C=O) groups excluding carboxylic acids is 1. The summed E-state index contributed by atoms with van der Waals surface area (Å²) >= 11 is 0.831. The van der Waals surface area contributed by atoms with Crippen LogP contribution < -0.4 is 16.6 Å². The van der Waals surface area contributed by atoms with Crippen LogP contribution in [0, 0.1) is 11.6 Å². The number of alkyl halides is 3. The van der Waals surface area contributed by atoms with Gasteiger partial charge in [-0.2, -0.15) is 13.2 Å². The summed E-state index contributed by atoms with van der Waals surface area (Å²) in [4.78, 5) is 46.5. The lowest BCUT2D eigenvalue weighted by Gasteiger charge is -2.10. The fourth-order valence-corrected chi connectivity index (χ4v) is 3.97. The van der Waals surface area contributed by atoms with Crippen molar-refractivity contribution in [2.24, 2.45) is 7.05 Å². The molecular formula is C20H12F5N5O3S. The zero-order valence-electron chi connectivity index (χ0n) is 17.0. The standard InChI is InChI=1S/C20H12F5N5O3S/c1-30-12-4-5-26-10(14(12)17(32)29-19(30)33)6-13(31)28-18-27-11(7-34-18)8-2-3-9(20(23,24)25)16(22)15(8)21/h2-5,7H,6H2,1H3,(H,27,28,31)(H,29,32,33). The molecule has 176 valence electrons. The highest BCUT2D eigenvalue weighted by Gasteiger charge is 2.36. The molecule has 0 saturated heterocycles. The van der Waals surface area contributed by atoms with Gasteiger partial charge in [-0.1, -0.05) is 0 Å². The number of nitrogens with one attached hydrogen (secondary N) is 2. The van der Waals surface area contributed by atoms with Crippen LogP contribution in [0.3, 0.4) is 0 Å². The lowest BCUT2D eigenvalue weighted by Crippen LogP contribution is -2.29. The Morgan fingerprint density at radius 1 is 1.18 bits per heavy atom. The van der Waals surface area contributed by atoms with Crippen LogP contribution in [0.5, 0.6) is 0 Å². The second kappa shape index (κ2) is 8.44. The average molecular weight is 497 g/mol. The number of hydrogen-bond donors (Lipinski definition) is 2. The summed E-state index contributed by atoms with van der Waals surface area (Å²) in [6.07, 6.45) is -4.11. The molecule has 34 heavy (non-hydrogen) atoms. The Balaban J connectivity index is 1.58. The molecule has 2 N–H and O–H groups in total. The number of pyridine rings is 1. The largest absolute Gasteiger partial charge is 0.419 e. The van der Waals surface area contributed by atoms with Crippen LogP contribution in [0.4, 0.5) is 27.1 Å². The first kappa shape index (κ1) is 23.2. The zero-order chi connectivity index (χ0) is 24.8. The first-order valence-electron chi connectivity index (χ1n) is 9.35. The maximum Gasteiger partial charge on any atom is 0.419 e. The van der Waals surface area contributed by atoms with E-state index < -0.39 is 46.1 Å². The second-order valence-electron chi connectivity index (χ2n) is 7.02. The predicted octanol–water partition coefficient (Wildman–Crippen LogP) is 3.22. The Morgan fingerprint density at radius 2 is 1.91 bits per heavy atom. The molecule has 0 atom stereocenters. The number of anilines is 1. The maximum absolute atomic E-state index is 14.2. The molecule has 0 fully saturated rings. The van der Waals surface area contributed by atoms with Gasteiger partial charge in [-0.3, -0.25) is 24.1 Å². The minimum Gasteiger partial charge on any atom is -0.302 e. The Kier molecular flexibility index (Phi) is 5.77. The van der Waals surface area contributed by atoms with Crippen molar-refractivity contribution in [1.82, 2.24) is 19.5 Å². The SMILES string of the molecule is Cn1c(=O)[nH]c(=O)c2c(CC(=O)Nc3nc(-c4ccc(C(F)(F)F)c(F)c4F)cs3)nccc21. The van der Waals surface area contributed by atoms with Crippen molar-refractivity contribution in [3.63, 3.8) is 0 Å². The van der Waals surface area contributed by atoms with Crippen LogP contribution in [0.2, 0.25) is 0 Å². The number of carbonyl (C=O) groups is 1. The molecule has 0 aliphatic heterocycles. The molecule has 0 bridgehead atoms. The van der Waals surface area contributed by atoms with Gasteiger partial charge in [0.25, 0.3) is 5.56 Å². The average Bonchev–Trinajstić information content (AvgIpc) is 3.20. The third kappa shape index (κ3) is 4.19. The number of amides is 1. The van der Waals surface area contributed by atoms with Gasteiger partial charge in [-0.05, 0) is 18.2 Å². The Labute approximate surface area is 189 Å². The number of rotatable bonds is 4. The smallest absolute Gasteiger partial charge is 0.302 e. The molecule has 4 rings (SSSR count). The third-order valence-electron chi connectivity index (χ3n) is 4.86. The summed E-state index contributed by atoms with van der Waals surface area (Å²) in [5, 5.41) is 3.65. The highest BCUT2D eigenvalue weighted by Crippen LogP contribution is 2.36. The number of benzene rings is 1. The van der Waals surface area contributed by atoms with Crippen molar-refractivity contribution in [2.75, 3.05) is 5.32 Å². The molecule has 3 heterocycles. The minimum absolute atomic E-state index is 0.0405. The Bertz CT molecular complexity index is 1560. The zero-order valence-corrected chi connectivity index (χ0v) is 17.8. The van der Waals surface area contributed by atoms with E-state index in [1.54, 1.807) is 0 Å². The van der Waals surface area contributed by atoms with Gasteiger partial charge in [0.15, 0.2) is 16.8 Å². The molecule has 3 aromatic heterocycles. The molecule has 0 radical (unpaired) electrons. The molecule has 1 amide bonds. The highest BCUT2D eigenvalue weighted by molar-refractivity contribution is 7.14. The fourth-order valence-electron chi connectivity index (χ4n) is 3.24. The fraction of sp³-hybridized carbons (Fsp3) is 0.150. The van der Waals surface area contributed by atoms with Crippen LogP contribution in [-0.2, 0) is 24.4 Å². The van der Waals surface area contributed by atoms with Gasteiger partial charge >= 0.3 is 11.9 Å². The van der Waals surface area contributed by atoms with Crippen LogP contribution in [0.25, 0.3) is 22.2 Å². The number of aromatic nitrogens is 4. The van der Waals surface area contributed by atoms with Crippen molar-refractivity contribution >= 4 is 33.3 Å². The molecule has 4 aromatic rings. The molecule has 0 aliphatic carbocycles. The quantitative estimate of drug-likeness (QED) is 0.421. The normalized spacial score (nSPS) is 11.7. The number of H-pyrrole nitrogens is 1. The van der Waals surface area contributed by atoms with E-state index in [0.29, 0.717) is 6.07 Å². The highest BCUT2D eigenvalue weighted by atomic mass is 32.1. The molecule has 8 nitrogen and oxygen atoms in total. The van der Waals surface area contributed by atoms with E-state index in [-0.39, 0.29) is 33.8 Å². The van der Waals surface area contributed by atoms with Crippen LogP contribution in [-0.4, -0.2) is 25.4 Å². The summed E-state index contributed by atoms with van der Waals surface area (Å²) in [5.41, 5.74) is -3.44. The van der Waals surface area contributed by atoms with Gasteiger partial charge in [0, 0.05) is 24.2 Å². The maximum atomic E-state index is 14.2. The summed E-state index contributed by atoms with van der Waals surface area (Å²) in [5.74, 6) is -4.43. The first-order chi connectivity index (χ1) is 16.0. The molecule has 0 unspecified atom stereocenters. The number of thiazole rings is 1. The molecular weight excluding hydrogens is 485 g/mol. The van der Waals surface area contributed by atoms with Gasteiger partial charge < -0.3 is 5.32 Å². The molecule has 14 heteroatoms. The lowest BCUT2D eigenvalue weighted by molar-refractivity contribution is -0.140.